The molecule has 1 aliphatic heterocycles. The van der Waals surface area contributed by atoms with Crippen LogP contribution in [-0.2, 0) is 0 Å². The van der Waals surface area contributed by atoms with E-state index in [9.17, 15) is 0 Å². The summed E-state index contributed by atoms with van der Waals surface area (Å²) in [7, 11) is 0. The number of pyridine rings is 2. The molecular formula is C21H20N6. The normalized spacial score (nSPS) is 14.7. The van der Waals surface area contributed by atoms with E-state index in [1.165, 1.54) is 5.69 Å². The number of para-hydroxylation sites is 1. The molecule has 0 bridgehead atoms. The van der Waals surface area contributed by atoms with Crippen molar-refractivity contribution in [1.82, 2.24) is 20.2 Å². The molecule has 1 N–H and O–H groups in total. The lowest BCUT2D eigenvalue weighted by Gasteiger charge is -2.36. The van der Waals surface area contributed by atoms with Gasteiger partial charge in [-0.1, -0.05) is 18.2 Å². The molecule has 3 aromatic heterocycles. The van der Waals surface area contributed by atoms with Gasteiger partial charge < -0.3 is 9.80 Å². The third-order valence-electron chi connectivity index (χ3n) is 5.10. The Morgan fingerprint density at radius 3 is 2.56 bits per heavy atom. The second-order valence-corrected chi connectivity index (χ2v) is 6.71. The average Bonchev–Trinajstić information content (AvgIpc) is 3.19. The average molecular weight is 356 g/mol. The molecule has 0 aliphatic carbocycles. The van der Waals surface area contributed by atoms with Crippen molar-refractivity contribution < 1.29 is 0 Å². The van der Waals surface area contributed by atoms with Crippen LogP contribution >= 0.6 is 0 Å². The quantitative estimate of drug-likeness (QED) is 0.610. The van der Waals surface area contributed by atoms with Gasteiger partial charge in [0.2, 0.25) is 0 Å². The molecule has 0 spiro atoms. The topological polar surface area (TPSA) is 60.9 Å². The van der Waals surface area contributed by atoms with Crippen molar-refractivity contribution in [2.45, 2.75) is 0 Å². The Labute approximate surface area is 157 Å². The minimum atomic E-state index is 0.937. The van der Waals surface area contributed by atoms with E-state index in [1.54, 1.807) is 0 Å². The van der Waals surface area contributed by atoms with Crippen LogP contribution in [0.25, 0.3) is 22.2 Å². The van der Waals surface area contributed by atoms with E-state index in [0.717, 1.165) is 54.2 Å². The second kappa shape index (κ2) is 6.72. The number of aromatic nitrogens is 4. The van der Waals surface area contributed by atoms with Crippen LogP contribution in [0.1, 0.15) is 0 Å². The van der Waals surface area contributed by atoms with Gasteiger partial charge in [0.1, 0.15) is 11.5 Å². The molecule has 134 valence electrons. The first-order valence-electron chi connectivity index (χ1n) is 9.18. The van der Waals surface area contributed by atoms with Gasteiger partial charge >= 0.3 is 0 Å². The van der Waals surface area contributed by atoms with Gasteiger partial charge in [-0.3, -0.25) is 10.1 Å². The predicted molar refractivity (Wildman–Crippen MR) is 108 cm³/mol. The Morgan fingerprint density at radius 2 is 1.70 bits per heavy atom. The summed E-state index contributed by atoms with van der Waals surface area (Å²) < 4.78 is 0. The zero-order chi connectivity index (χ0) is 18.1. The number of benzene rings is 1. The fourth-order valence-electron chi connectivity index (χ4n) is 3.66. The number of anilines is 2. The molecule has 0 unspecified atom stereocenters. The summed E-state index contributed by atoms with van der Waals surface area (Å²) in [6, 6.07) is 16.5. The van der Waals surface area contributed by atoms with E-state index in [2.05, 4.69) is 48.2 Å². The number of H-pyrrole nitrogens is 1. The summed E-state index contributed by atoms with van der Waals surface area (Å²) >= 11 is 0. The van der Waals surface area contributed by atoms with Gasteiger partial charge in [0.05, 0.1) is 17.4 Å². The number of piperazine rings is 1. The van der Waals surface area contributed by atoms with Crippen molar-refractivity contribution in [3.63, 3.8) is 0 Å². The standard InChI is InChI=1S/C21H20N6/c1-2-6-19-18(5-1)21(25-24-19)16-7-9-23-20(14-16)27-12-10-26(11-13-27)17-4-3-8-22-15-17/h1-9,14-15H,10-13H2,(H,24,25). The molecule has 4 heterocycles. The molecule has 0 amide bonds. The number of aromatic amines is 1. The third kappa shape index (κ3) is 2.99. The number of hydrogen-bond acceptors (Lipinski definition) is 5. The zero-order valence-electron chi connectivity index (χ0n) is 14.9. The smallest absolute Gasteiger partial charge is 0.129 e. The van der Waals surface area contributed by atoms with Gasteiger partial charge in [0, 0.05) is 49.5 Å². The van der Waals surface area contributed by atoms with Gasteiger partial charge in [-0.05, 0) is 30.3 Å². The SMILES string of the molecule is c1cncc(N2CCN(c3cc(-c4n[nH]c5ccccc45)ccn3)CC2)c1. The van der Waals surface area contributed by atoms with Crippen LogP contribution < -0.4 is 9.80 Å². The summed E-state index contributed by atoms with van der Waals surface area (Å²) in [5.74, 6) is 1.01. The molecule has 1 fully saturated rings. The first kappa shape index (κ1) is 15.8. The molecule has 0 radical (unpaired) electrons. The Balaban J connectivity index is 1.37. The molecule has 1 saturated heterocycles. The summed E-state index contributed by atoms with van der Waals surface area (Å²) in [5, 5.41) is 8.77. The summed E-state index contributed by atoms with van der Waals surface area (Å²) in [6.07, 6.45) is 5.62. The first-order chi connectivity index (χ1) is 13.4. The van der Waals surface area contributed by atoms with Gasteiger partial charge in [-0.15, -0.1) is 0 Å². The highest BCUT2D eigenvalue weighted by Gasteiger charge is 2.19. The number of nitrogens with one attached hydrogen (secondary N) is 1. The maximum absolute atomic E-state index is 4.61. The number of rotatable bonds is 3. The Morgan fingerprint density at radius 1 is 0.852 bits per heavy atom. The Bertz CT molecular complexity index is 1050. The molecule has 0 saturated carbocycles. The van der Waals surface area contributed by atoms with E-state index < -0.39 is 0 Å². The number of nitrogens with zero attached hydrogens (tertiary/aromatic N) is 5. The minimum Gasteiger partial charge on any atom is -0.367 e. The zero-order valence-corrected chi connectivity index (χ0v) is 14.9. The van der Waals surface area contributed by atoms with Crippen molar-refractivity contribution in [2.75, 3.05) is 36.0 Å². The molecule has 27 heavy (non-hydrogen) atoms. The first-order valence-corrected chi connectivity index (χ1v) is 9.18. The van der Waals surface area contributed by atoms with E-state index in [1.807, 2.05) is 48.9 Å². The monoisotopic (exact) mass is 356 g/mol. The van der Waals surface area contributed by atoms with Gasteiger partial charge in [-0.25, -0.2) is 4.98 Å². The highest BCUT2D eigenvalue weighted by molar-refractivity contribution is 5.93. The van der Waals surface area contributed by atoms with Gasteiger partial charge in [-0.2, -0.15) is 5.10 Å². The fourth-order valence-corrected chi connectivity index (χ4v) is 3.66. The molecule has 4 aromatic rings. The maximum Gasteiger partial charge on any atom is 0.129 e. The molecule has 6 nitrogen and oxygen atoms in total. The third-order valence-corrected chi connectivity index (χ3v) is 5.10. The van der Waals surface area contributed by atoms with Crippen LogP contribution in [0.15, 0.2) is 67.1 Å². The van der Waals surface area contributed by atoms with E-state index in [0.29, 0.717) is 0 Å². The summed E-state index contributed by atoms with van der Waals surface area (Å²) in [6.45, 7) is 3.80. The van der Waals surface area contributed by atoms with Crippen LogP contribution in [0.4, 0.5) is 11.5 Å². The fraction of sp³-hybridized carbons (Fsp3) is 0.190. The highest BCUT2D eigenvalue weighted by atomic mass is 15.3. The molecular weight excluding hydrogens is 336 g/mol. The Kier molecular flexibility index (Phi) is 3.93. The molecule has 1 aromatic carbocycles. The van der Waals surface area contributed by atoms with E-state index in [4.69, 9.17) is 0 Å². The number of hydrogen-bond donors (Lipinski definition) is 1. The van der Waals surface area contributed by atoms with Crippen LogP contribution in [0, 0.1) is 0 Å². The molecule has 0 atom stereocenters. The number of fused-ring (bicyclic) bond motifs is 1. The largest absolute Gasteiger partial charge is 0.367 e. The van der Waals surface area contributed by atoms with Crippen LogP contribution in [0.5, 0.6) is 0 Å². The van der Waals surface area contributed by atoms with Gasteiger partial charge in [0.15, 0.2) is 0 Å². The molecule has 1 aliphatic rings. The lowest BCUT2D eigenvalue weighted by atomic mass is 10.1. The van der Waals surface area contributed by atoms with Crippen LogP contribution in [0.3, 0.4) is 0 Å². The van der Waals surface area contributed by atoms with Crippen LogP contribution in [-0.4, -0.2) is 46.3 Å². The molecule has 6 heteroatoms. The minimum absolute atomic E-state index is 0.937. The lowest BCUT2D eigenvalue weighted by molar-refractivity contribution is 0.647. The Hall–Kier alpha value is -3.41. The predicted octanol–water partition coefficient (Wildman–Crippen LogP) is 3.35. The van der Waals surface area contributed by atoms with Crippen molar-refractivity contribution in [2.24, 2.45) is 0 Å². The van der Waals surface area contributed by atoms with Gasteiger partial charge in [0.25, 0.3) is 0 Å². The van der Waals surface area contributed by atoms with Crippen molar-refractivity contribution in [1.29, 1.82) is 0 Å². The van der Waals surface area contributed by atoms with Crippen molar-refractivity contribution in [3.05, 3.63) is 67.1 Å². The van der Waals surface area contributed by atoms with E-state index in [-0.39, 0.29) is 0 Å². The van der Waals surface area contributed by atoms with Crippen molar-refractivity contribution in [3.8, 4) is 11.3 Å². The summed E-state index contributed by atoms with van der Waals surface area (Å²) in [5.41, 5.74) is 4.30. The highest BCUT2D eigenvalue weighted by Crippen LogP contribution is 2.28. The maximum atomic E-state index is 4.61. The van der Waals surface area contributed by atoms with Crippen molar-refractivity contribution >= 4 is 22.4 Å². The second-order valence-electron chi connectivity index (χ2n) is 6.71. The lowest BCUT2D eigenvalue weighted by Crippen LogP contribution is -2.46. The van der Waals surface area contributed by atoms with E-state index >= 15 is 0 Å². The van der Waals surface area contributed by atoms with Crippen LogP contribution in [0.2, 0.25) is 0 Å². The molecule has 5 rings (SSSR count). The summed E-state index contributed by atoms with van der Waals surface area (Å²) in [4.78, 5) is 13.5.